The lowest BCUT2D eigenvalue weighted by atomic mass is 10.5. The Balaban J connectivity index is 3.15. The molecule has 0 bridgehead atoms. The monoisotopic (exact) mass is 258 g/mol. The lowest BCUT2D eigenvalue weighted by molar-refractivity contribution is 0.0343. The van der Waals surface area contributed by atoms with Gasteiger partial charge in [0.25, 0.3) is 0 Å². The van der Waals surface area contributed by atoms with Crippen LogP contribution in [0.15, 0.2) is 0 Å². The second kappa shape index (κ2) is 9.66. The van der Waals surface area contributed by atoms with E-state index in [9.17, 15) is 4.89 Å². The van der Waals surface area contributed by atoms with E-state index in [1.54, 1.807) is 0 Å². The molecule has 5 nitrogen and oxygen atoms in total. The second-order valence-electron chi connectivity index (χ2n) is 2.71. The molecule has 7 heteroatoms. The molecule has 0 radical (unpaired) electrons. The molecule has 92 valence electrons. The van der Waals surface area contributed by atoms with Crippen LogP contribution in [0.2, 0.25) is 0 Å². The van der Waals surface area contributed by atoms with Crippen molar-refractivity contribution in [3.8, 4) is 0 Å². The summed E-state index contributed by atoms with van der Waals surface area (Å²) in [6.07, 6.45) is 1.00. The lowest BCUT2D eigenvalue weighted by Gasteiger charge is -2.12. The third kappa shape index (κ3) is 10.7. The number of hydrogen-bond donors (Lipinski definition) is 1. The minimum absolute atomic E-state index is 0.232. The van der Waals surface area contributed by atoms with Gasteiger partial charge in [0.2, 0.25) is 0 Å². The van der Waals surface area contributed by atoms with Crippen molar-refractivity contribution in [2.75, 3.05) is 40.1 Å². The van der Waals surface area contributed by atoms with Crippen molar-refractivity contribution in [1.82, 2.24) is 0 Å². The average Bonchev–Trinajstić information content (AvgIpc) is 2.22. The molecule has 0 aliphatic heterocycles. The summed E-state index contributed by atoms with van der Waals surface area (Å²) in [6, 6.07) is 0. The van der Waals surface area contributed by atoms with Crippen LogP contribution in [0.5, 0.6) is 0 Å². The number of hydrogen-bond acceptors (Lipinski definition) is 5. The molecule has 0 spiro atoms. The molecule has 0 saturated carbocycles. The van der Waals surface area contributed by atoms with Crippen molar-refractivity contribution in [1.29, 1.82) is 0 Å². The largest absolute Gasteiger partial charge is 0.379 e. The summed E-state index contributed by atoms with van der Waals surface area (Å²) in [7, 11) is 1.32. The Morgan fingerprint density at radius 2 is 1.60 bits per heavy atom. The molecule has 0 amide bonds. The van der Waals surface area contributed by atoms with Crippen LogP contribution in [0.4, 0.5) is 0 Å². The summed E-state index contributed by atoms with van der Waals surface area (Å²) in [5, 5.41) is 0. The van der Waals surface area contributed by atoms with Crippen LogP contribution in [-0.4, -0.2) is 45.0 Å². The molecule has 0 saturated heterocycles. The molecule has 1 N–H and O–H groups in total. The van der Waals surface area contributed by atoms with Crippen LogP contribution in [-0.2, 0) is 30.3 Å². The first kappa shape index (κ1) is 15.4. The Hall–Kier alpha value is 0.450. The van der Waals surface area contributed by atoms with Crippen molar-refractivity contribution in [3.05, 3.63) is 0 Å². The van der Waals surface area contributed by atoms with Crippen molar-refractivity contribution in [2.24, 2.45) is 0 Å². The zero-order chi connectivity index (χ0) is 11.6. The highest BCUT2D eigenvalue weighted by Crippen LogP contribution is 2.41. The van der Waals surface area contributed by atoms with E-state index in [0.29, 0.717) is 19.8 Å². The standard InChI is InChI=1S/C8H19O5PS/c1-3-4-11-5-6-12-7-8-13-14(9,15)10-2/h3-8H2,1-2H3,(H,9,15). The van der Waals surface area contributed by atoms with Gasteiger partial charge in [-0.1, -0.05) is 6.92 Å². The molecule has 15 heavy (non-hydrogen) atoms. The molecule has 0 aromatic rings. The SMILES string of the molecule is CCCOCCOCCOP(O)(=S)OC. The molecule has 0 aliphatic rings. The van der Waals surface area contributed by atoms with Gasteiger partial charge < -0.3 is 23.4 Å². The maximum absolute atomic E-state index is 9.20. The Morgan fingerprint density at radius 1 is 1.07 bits per heavy atom. The predicted octanol–water partition coefficient (Wildman–Crippen LogP) is 1.31. The lowest BCUT2D eigenvalue weighted by Crippen LogP contribution is -2.09. The maximum Gasteiger partial charge on any atom is 0.324 e. The first-order valence-corrected chi connectivity index (χ1v) is 7.40. The Kier molecular flexibility index (Phi) is 9.95. The van der Waals surface area contributed by atoms with Crippen LogP contribution < -0.4 is 0 Å². The van der Waals surface area contributed by atoms with Gasteiger partial charge in [0.1, 0.15) is 0 Å². The smallest absolute Gasteiger partial charge is 0.324 e. The molecule has 1 unspecified atom stereocenters. The van der Waals surface area contributed by atoms with Gasteiger partial charge >= 0.3 is 6.72 Å². The molecule has 0 rings (SSSR count). The molecule has 1 atom stereocenters. The van der Waals surface area contributed by atoms with Gasteiger partial charge in [-0.05, 0) is 18.2 Å². The molecule has 0 fully saturated rings. The van der Waals surface area contributed by atoms with Gasteiger partial charge in [-0.25, -0.2) is 0 Å². The van der Waals surface area contributed by atoms with E-state index < -0.39 is 6.72 Å². The van der Waals surface area contributed by atoms with Gasteiger partial charge in [0, 0.05) is 13.7 Å². The fraction of sp³-hybridized carbons (Fsp3) is 1.00. The summed E-state index contributed by atoms with van der Waals surface area (Å²) in [4.78, 5) is 9.20. The van der Waals surface area contributed by atoms with Gasteiger partial charge in [-0.15, -0.1) is 0 Å². The van der Waals surface area contributed by atoms with E-state index in [-0.39, 0.29) is 6.61 Å². The van der Waals surface area contributed by atoms with E-state index >= 15 is 0 Å². The third-order valence-corrected chi connectivity index (χ3v) is 3.17. The van der Waals surface area contributed by atoms with Gasteiger partial charge in [0.05, 0.1) is 26.4 Å². The van der Waals surface area contributed by atoms with Crippen LogP contribution >= 0.6 is 6.72 Å². The van der Waals surface area contributed by atoms with E-state index in [1.165, 1.54) is 7.11 Å². The van der Waals surface area contributed by atoms with Crippen molar-refractivity contribution < 1.29 is 23.4 Å². The van der Waals surface area contributed by atoms with Gasteiger partial charge in [-0.3, -0.25) is 0 Å². The first-order valence-electron chi connectivity index (χ1n) is 4.81. The minimum atomic E-state index is -3.02. The molecular formula is C8H19O5PS. The van der Waals surface area contributed by atoms with E-state index in [2.05, 4.69) is 16.3 Å². The highest BCUT2D eigenvalue weighted by molar-refractivity contribution is 8.07. The zero-order valence-electron chi connectivity index (χ0n) is 9.18. The molecule has 0 aromatic heterocycles. The first-order chi connectivity index (χ1) is 7.12. The minimum Gasteiger partial charge on any atom is -0.379 e. The van der Waals surface area contributed by atoms with E-state index in [0.717, 1.165) is 13.0 Å². The fourth-order valence-corrected chi connectivity index (χ4v) is 1.36. The molecule has 0 heterocycles. The summed E-state index contributed by atoms with van der Waals surface area (Å²) >= 11 is 4.62. The summed E-state index contributed by atoms with van der Waals surface area (Å²) in [6.45, 7) is 1.48. The normalized spacial score (nSPS) is 15.1. The van der Waals surface area contributed by atoms with Crippen molar-refractivity contribution in [3.63, 3.8) is 0 Å². The van der Waals surface area contributed by atoms with Crippen LogP contribution in [0.25, 0.3) is 0 Å². The number of ether oxygens (including phenoxy) is 2. The maximum atomic E-state index is 9.20. The topological polar surface area (TPSA) is 57.2 Å². The highest BCUT2D eigenvalue weighted by atomic mass is 32.5. The van der Waals surface area contributed by atoms with Gasteiger partial charge in [0.15, 0.2) is 0 Å². The second-order valence-corrected chi connectivity index (χ2v) is 5.65. The zero-order valence-corrected chi connectivity index (χ0v) is 10.9. The van der Waals surface area contributed by atoms with Gasteiger partial charge in [-0.2, -0.15) is 0 Å². The third-order valence-electron chi connectivity index (χ3n) is 1.43. The van der Waals surface area contributed by atoms with Crippen molar-refractivity contribution in [2.45, 2.75) is 13.3 Å². The Labute approximate surface area is 95.9 Å². The quantitative estimate of drug-likeness (QED) is 0.471. The van der Waals surface area contributed by atoms with E-state index in [1.807, 2.05) is 6.92 Å². The molecule has 0 aromatic carbocycles. The Morgan fingerprint density at radius 3 is 2.13 bits per heavy atom. The van der Waals surface area contributed by atoms with Crippen molar-refractivity contribution >= 4 is 18.5 Å². The highest BCUT2D eigenvalue weighted by Gasteiger charge is 2.10. The van der Waals surface area contributed by atoms with Crippen LogP contribution in [0, 0.1) is 0 Å². The fourth-order valence-electron chi connectivity index (χ4n) is 0.731. The van der Waals surface area contributed by atoms with Crippen LogP contribution in [0.1, 0.15) is 13.3 Å². The Bertz CT molecular complexity index is 190. The summed E-state index contributed by atoms with van der Waals surface area (Å²) in [5.41, 5.74) is 0. The van der Waals surface area contributed by atoms with E-state index in [4.69, 9.17) is 14.0 Å². The number of rotatable bonds is 10. The molecule has 0 aliphatic carbocycles. The average molecular weight is 258 g/mol. The predicted molar refractivity (Wildman–Crippen MR) is 61.4 cm³/mol. The summed E-state index contributed by atoms with van der Waals surface area (Å²) in [5.74, 6) is 0. The summed E-state index contributed by atoms with van der Waals surface area (Å²) < 4.78 is 19.8. The molecular weight excluding hydrogens is 239 g/mol. The van der Waals surface area contributed by atoms with Crippen LogP contribution in [0.3, 0.4) is 0 Å².